The van der Waals surface area contributed by atoms with E-state index in [9.17, 15) is 4.79 Å². The number of nitrogens with one attached hydrogen (secondary N) is 1. The summed E-state index contributed by atoms with van der Waals surface area (Å²) in [6, 6.07) is 4.07. The zero-order valence-electron chi connectivity index (χ0n) is 15.7. The molecule has 0 radical (unpaired) electrons. The molecule has 4 aliphatic rings. The second-order valence-corrected chi connectivity index (χ2v) is 9.36. The maximum absolute atomic E-state index is 12.7. The van der Waals surface area contributed by atoms with Gasteiger partial charge in [-0.25, -0.2) is 4.79 Å². The Balaban J connectivity index is 1.49. The summed E-state index contributed by atoms with van der Waals surface area (Å²) >= 11 is 3.56. The van der Waals surface area contributed by atoms with Crippen molar-refractivity contribution in [2.45, 2.75) is 45.3 Å². The minimum absolute atomic E-state index is 0.0286. The van der Waals surface area contributed by atoms with Crippen molar-refractivity contribution < 1.29 is 14.3 Å². The fraction of sp³-hybridized carbons (Fsp3) is 0.650. The van der Waals surface area contributed by atoms with Crippen molar-refractivity contribution in [2.24, 2.45) is 11.3 Å². The monoisotopic (exact) mass is 422 g/mol. The SMILES string of the molecule is COc1cc2c(cc1Br)CC(C)(C)C2NC(=O)O[C@@H]1CN2CCC1CC2. The first-order valence-corrected chi connectivity index (χ1v) is 10.2. The molecule has 26 heavy (non-hydrogen) atoms. The number of alkyl carbamates (subject to hydrolysis) is 1. The Labute approximate surface area is 163 Å². The van der Waals surface area contributed by atoms with Gasteiger partial charge in [0.05, 0.1) is 17.6 Å². The number of piperidine rings is 3. The smallest absolute Gasteiger partial charge is 0.407 e. The van der Waals surface area contributed by atoms with Gasteiger partial charge in [-0.15, -0.1) is 0 Å². The molecule has 0 saturated carbocycles. The molecule has 3 saturated heterocycles. The molecule has 1 N–H and O–H groups in total. The molecule has 142 valence electrons. The van der Waals surface area contributed by atoms with Crippen molar-refractivity contribution in [3.8, 4) is 5.75 Å². The molecule has 5 rings (SSSR count). The van der Waals surface area contributed by atoms with Gasteiger partial charge in [0, 0.05) is 6.54 Å². The van der Waals surface area contributed by atoms with E-state index in [1.807, 2.05) is 6.07 Å². The molecule has 3 fully saturated rings. The lowest BCUT2D eigenvalue weighted by Gasteiger charge is -2.44. The summed E-state index contributed by atoms with van der Waals surface area (Å²) in [6.07, 6.45) is 2.93. The van der Waals surface area contributed by atoms with Gasteiger partial charge in [-0.05, 0) is 82.9 Å². The van der Waals surface area contributed by atoms with E-state index in [-0.39, 0.29) is 23.7 Å². The number of fused-ring (bicyclic) bond motifs is 4. The van der Waals surface area contributed by atoms with E-state index in [1.54, 1.807) is 7.11 Å². The quantitative estimate of drug-likeness (QED) is 0.802. The normalized spacial score (nSPS) is 31.4. The standard InChI is InChI=1S/C20H27BrN2O3/c1-20(2)10-13-8-15(21)16(25-3)9-14(13)18(20)22-19(24)26-17-11-23-6-4-12(17)5-7-23/h8-9,12,17-18H,4-7,10-11H2,1-3H3,(H,22,24)/t17-,18?/m1/s1. The Hall–Kier alpha value is -1.27. The van der Waals surface area contributed by atoms with Crippen molar-refractivity contribution in [1.82, 2.24) is 10.2 Å². The number of ether oxygens (including phenoxy) is 2. The molecular formula is C20H27BrN2O3. The third kappa shape index (κ3) is 3.22. The second kappa shape index (κ2) is 6.71. The first-order valence-electron chi connectivity index (χ1n) is 9.43. The molecule has 0 spiro atoms. The molecule has 1 amide bonds. The molecule has 3 heterocycles. The molecular weight excluding hydrogens is 396 g/mol. The van der Waals surface area contributed by atoms with Crippen LogP contribution in [0.2, 0.25) is 0 Å². The predicted octanol–water partition coefficient (Wildman–Crippen LogP) is 3.90. The van der Waals surface area contributed by atoms with Crippen LogP contribution in [0.1, 0.15) is 43.9 Å². The first-order chi connectivity index (χ1) is 12.4. The van der Waals surface area contributed by atoms with Crippen LogP contribution in [-0.4, -0.2) is 43.8 Å². The highest BCUT2D eigenvalue weighted by molar-refractivity contribution is 9.10. The van der Waals surface area contributed by atoms with E-state index >= 15 is 0 Å². The van der Waals surface area contributed by atoms with Gasteiger partial charge in [0.1, 0.15) is 11.9 Å². The third-order valence-electron chi connectivity index (χ3n) is 6.27. The highest BCUT2D eigenvalue weighted by Crippen LogP contribution is 2.48. The Morgan fingerprint density at radius 1 is 1.31 bits per heavy atom. The molecule has 1 aliphatic carbocycles. The lowest BCUT2D eigenvalue weighted by Crippen LogP contribution is -2.53. The minimum Gasteiger partial charge on any atom is -0.496 e. The zero-order valence-corrected chi connectivity index (χ0v) is 17.3. The van der Waals surface area contributed by atoms with Crippen LogP contribution in [0.4, 0.5) is 4.79 Å². The summed E-state index contributed by atoms with van der Waals surface area (Å²) in [4.78, 5) is 15.1. The van der Waals surface area contributed by atoms with Crippen LogP contribution in [0.5, 0.6) is 5.75 Å². The van der Waals surface area contributed by atoms with E-state index in [0.29, 0.717) is 5.92 Å². The summed E-state index contributed by atoms with van der Waals surface area (Å²) in [6.45, 7) is 7.54. The van der Waals surface area contributed by atoms with Crippen LogP contribution >= 0.6 is 15.9 Å². The number of benzene rings is 1. The Bertz CT molecular complexity index is 713. The van der Waals surface area contributed by atoms with E-state index in [4.69, 9.17) is 9.47 Å². The number of amides is 1. The van der Waals surface area contributed by atoms with E-state index in [2.05, 4.69) is 46.1 Å². The summed E-state index contributed by atoms with van der Waals surface area (Å²) < 4.78 is 12.2. The number of hydrogen-bond donors (Lipinski definition) is 1. The van der Waals surface area contributed by atoms with Gasteiger partial charge in [0.15, 0.2) is 0 Å². The van der Waals surface area contributed by atoms with E-state index < -0.39 is 0 Å². The van der Waals surface area contributed by atoms with Gasteiger partial charge in [-0.3, -0.25) is 4.90 Å². The van der Waals surface area contributed by atoms with Gasteiger partial charge < -0.3 is 14.8 Å². The summed E-state index contributed by atoms with van der Waals surface area (Å²) in [5, 5.41) is 3.15. The first kappa shape index (κ1) is 18.1. The molecule has 1 aromatic carbocycles. The van der Waals surface area contributed by atoms with Crippen LogP contribution in [0.15, 0.2) is 16.6 Å². The highest BCUT2D eigenvalue weighted by Gasteiger charge is 2.42. The van der Waals surface area contributed by atoms with Crippen LogP contribution in [0.25, 0.3) is 0 Å². The van der Waals surface area contributed by atoms with E-state index in [0.717, 1.165) is 54.7 Å². The molecule has 3 aliphatic heterocycles. The molecule has 1 aromatic rings. The third-order valence-corrected chi connectivity index (χ3v) is 6.89. The maximum atomic E-state index is 12.7. The average molecular weight is 423 g/mol. The van der Waals surface area contributed by atoms with Crippen molar-refractivity contribution in [1.29, 1.82) is 0 Å². The number of methoxy groups -OCH3 is 1. The maximum Gasteiger partial charge on any atom is 0.407 e. The average Bonchev–Trinajstić information content (AvgIpc) is 2.84. The van der Waals surface area contributed by atoms with E-state index in [1.165, 1.54) is 5.56 Å². The van der Waals surface area contributed by atoms with Gasteiger partial charge in [-0.2, -0.15) is 0 Å². The number of rotatable bonds is 3. The van der Waals surface area contributed by atoms with Crippen LogP contribution < -0.4 is 10.1 Å². The largest absolute Gasteiger partial charge is 0.496 e. The highest BCUT2D eigenvalue weighted by atomic mass is 79.9. The van der Waals surface area contributed by atoms with Crippen molar-refractivity contribution >= 4 is 22.0 Å². The summed E-state index contributed by atoms with van der Waals surface area (Å²) in [5.74, 6) is 1.31. The lowest BCUT2D eigenvalue weighted by molar-refractivity contribution is -0.0349. The van der Waals surface area contributed by atoms with Gasteiger partial charge >= 0.3 is 6.09 Å². The fourth-order valence-corrected chi connectivity index (χ4v) is 5.36. The number of nitrogens with zero attached hydrogens (tertiary/aromatic N) is 1. The lowest BCUT2D eigenvalue weighted by atomic mass is 9.85. The molecule has 2 atom stereocenters. The van der Waals surface area contributed by atoms with Crippen molar-refractivity contribution in [3.63, 3.8) is 0 Å². The fourth-order valence-electron chi connectivity index (χ4n) is 4.81. The molecule has 0 aromatic heterocycles. The zero-order chi connectivity index (χ0) is 18.5. The van der Waals surface area contributed by atoms with Gasteiger partial charge in [0.25, 0.3) is 0 Å². The topological polar surface area (TPSA) is 50.8 Å². The van der Waals surface area contributed by atoms with Crippen molar-refractivity contribution in [3.05, 3.63) is 27.7 Å². The predicted molar refractivity (Wildman–Crippen MR) is 103 cm³/mol. The number of halogens is 1. The van der Waals surface area contributed by atoms with Crippen LogP contribution in [0, 0.1) is 11.3 Å². The van der Waals surface area contributed by atoms with Gasteiger partial charge in [0.2, 0.25) is 0 Å². The number of carbonyl (C=O) groups is 1. The second-order valence-electron chi connectivity index (χ2n) is 8.51. The Kier molecular flexibility index (Phi) is 4.68. The van der Waals surface area contributed by atoms with Crippen LogP contribution in [0.3, 0.4) is 0 Å². The van der Waals surface area contributed by atoms with Gasteiger partial charge in [-0.1, -0.05) is 13.8 Å². The summed E-state index contributed by atoms with van der Waals surface area (Å²) in [7, 11) is 1.66. The van der Waals surface area contributed by atoms with Crippen molar-refractivity contribution in [2.75, 3.05) is 26.7 Å². The molecule has 6 heteroatoms. The minimum atomic E-state index is -0.295. The number of carbonyl (C=O) groups excluding carboxylic acids is 1. The Morgan fingerprint density at radius 2 is 2.04 bits per heavy atom. The molecule has 1 unspecified atom stereocenters. The molecule has 5 nitrogen and oxygen atoms in total. The summed E-state index contributed by atoms with van der Waals surface area (Å²) in [5.41, 5.74) is 2.30. The molecule has 2 bridgehead atoms. The van der Waals surface area contributed by atoms with Crippen LogP contribution in [-0.2, 0) is 11.2 Å². The number of hydrogen-bond acceptors (Lipinski definition) is 4. The Morgan fingerprint density at radius 3 is 2.65 bits per heavy atom.